The van der Waals surface area contributed by atoms with Gasteiger partial charge in [-0.2, -0.15) is 0 Å². The zero-order valence-electron chi connectivity index (χ0n) is 17.9. The molecule has 1 aromatic carbocycles. The molecule has 3 heterocycles. The number of anilines is 2. The SMILES string of the molecule is Cc1ccc(N(C)Cc2nc(CN(C)c3ccncc3)cn2-c2ccc(Cl)cc2)nc1. The van der Waals surface area contributed by atoms with Crippen LogP contribution in [0, 0.1) is 6.92 Å². The number of aryl methyl sites for hydroxylation is 1. The Hall–Kier alpha value is -3.38. The molecule has 158 valence electrons. The van der Waals surface area contributed by atoms with Crippen LogP contribution in [-0.4, -0.2) is 33.6 Å². The van der Waals surface area contributed by atoms with Gasteiger partial charge in [0.1, 0.15) is 11.6 Å². The maximum Gasteiger partial charge on any atom is 0.133 e. The summed E-state index contributed by atoms with van der Waals surface area (Å²) >= 11 is 6.10. The smallest absolute Gasteiger partial charge is 0.133 e. The number of rotatable bonds is 7. The average molecular weight is 433 g/mol. The monoisotopic (exact) mass is 432 g/mol. The van der Waals surface area contributed by atoms with E-state index >= 15 is 0 Å². The lowest BCUT2D eigenvalue weighted by atomic mass is 10.3. The van der Waals surface area contributed by atoms with Gasteiger partial charge < -0.3 is 14.4 Å². The van der Waals surface area contributed by atoms with Crippen molar-refractivity contribution in [2.24, 2.45) is 0 Å². The summed E-state index contributed by atoms with van der Waals surface area (Å²) in [5, 5.41) is 0.712. The number of nitrogens with zero attached hydrogens (tertiary/aromatic N) is 6. The van der Waals surface area contributed by atoms with Crippen LogP contribution >= 0.6 is 11.6 Å². The first-order chi connectivity index (χ1) is 15.0. The topological polar surface area (TPSA) is 50.1 Å². The fourth-order valence-corrected chi connectivity index (χ4v) is 3.52. The highest BCUT2D eigenvalue weighted by atomic mass is 35.5. The van der Waals surface area contributed by atoms with Gasteiger partial charge in [0, 0.05) is 55.3 Å². The van der Waals surface area contributed by atoms with Gasteiger partial charge in [-0.15, -0.1) is 0 Å². The first-order valence-corrected chi connectivity index (χ1v) is 10.5. The van der Waals surface area contributed by atoms with Gasteiger partial charge in [-0.3, -0.25) is 4.98 Å². The molecule has 0 bridgehead atoms. The predicted octanol–water partition coefficient (Wildman–Crippen LogP) is 4.90. The number of aromatic nitrogens is 4. The zero-order valence-corrected chi connectivity index (χ0v) is 18.7. The summed E-state index contributed by atoms with van der Waals surface area (Å²) in [7, 11) is 4.08. The molecular weight excluding hydrogens is 408 g/mol. The quantitative estimate of drug-likeness (QED) is 0.416. The van der Waals surface area contributed by atoms with E-state index in [4.69, 9.17) is 16.6 Å². The van der Waals surface area contributed by atoms with Crippen LogP contribution < -0.4 is 9.80 Å². The van der Waals surface area contributed by atoms with Crippen molar-refractivity contribution in [2.45, 2.75) is 20.0 Å². The Balaban J connectivity index is 1.63. The molecule has 0 saturated heterocycles. The van der Waals surface area contributed by atoms with Crippen molar-refractivity contribution in [2.75, 3.05) is 23.9 Å². The minimum Gasteiger partial charge on any atom is -0.369 e. The largest absolute Gasteiger partial charge is 0.369 e. The first kappa shape index (κ1) is 20.9. The van der Waals surface area contributed by atoms with Gasteiger partial charge in [0.25, 0.3) is 0 Å². The fraction of sp³-hybridized carbons (Fsp3) is 0.208. The van der Waals surface area contributed by atoms with E-state index in [1.54, 1.807) is 12.4 Å². The van der Waals surface area contributed by atoms with Crippen molar-refractivity contribution in [1.82, 2.24) is 19.5 Å². The van der Waals surface area contributed by atoms with Crippen molar-refractivity contribution in [3.8, 4) is 5.69 Å². The lowest BCUT2D eigenvalue weighted by Gasteiger charge is -2.19. The van der Waals surface area contributed by atoms with Crippen LogP contribution in [0.1, 0.15) is 17.1 Å². The summed E-state index contributed by atoms with van der Waals surface area (Å²) in [6.07, 6.45) is 7.57. The molecule has 0 saturated carbocycles. The molecule has 0 spiro atoms. The molecule has 0 aliphatic rings. The molecule has 0 unspecified atom stereocenters. The summed E-state index contributed by atoms with van der Waals surface area (Å²) < 4.78 is 2.12. The number of benzene rings is 1. The van der Waals surface area contributed by atoms with Crippen molar-refractivity contribution < 1.29 is 0 Å². The number of imidazole rings is 1. The Morgan fingerprint density at radius 3 is 2.32 bits per heavy atom. The summed E-state index contributed by atoms with van der Waals surface area (Å²) in [6, 6.07) is 15.9. The third-order valence-electron chi connectivity index (χ3n) is 5.10. The van der Waals surface area contributed by atoms with E-state index in [-0.39, 0.29) is 0 Å². The molecule has 4 aromatic rings. The number of halogens is 1. The van der Waals surface area contributed by atoms with Crippen molar-refractivity contribution in [1.29, 1.82) is 0 Å². The zero-order chi connectivity index (χ0) is 21.8. The van der Waals surface area contributed by atoms with Crippen LogP contribution in [0.2, 0.25) is 5.02 Å². The van der Waals surface area contributed by atoms with E-state index in [0.29, 0.717) is 18.1 Å². The second-order valence-electron chi connectivity index (χ2n) is 7.61. The Labute approximate surface area is 187 Å². The molecule has 7 heteroatoms. The highest BCUT2D eigenvalue weighted by molar-refractivity contribution is 6.30. The van der Waals surface area contributed by atoms with E-state index in [2.05, 4.69) is 43.6 Å². The van der Waals surface area contributed by atoms with Crippen LogP contribution in [0.3, 0.4) is 0 Å². The third kappa shape index (κ3) is 5.03. The molecule has 4 rings (SSSR count). The van der Waals surface area contributed by atoms with Crippen LogP contribution in [0.15, 0.2) is 73.3 Å². The number of hydrogen-bond donors (Lipinski definition) is 0. The maximum atomic E-state index is 6.10. The molecule has 0 atom stereocenters. The van der Waals surface area contributed by atoms with Gasteiger partial charge >= 0.3 is 0 Å². The third-order valence-corrected chi connectivity index (χ3v) is 5.35. The summed E-state index contributed by atoms with van der Waals surface area (Å²) in [6.45, 7) is 3.34. The fourth-order valence-electron chi connectivity index (χ4n) is 3.40. The molecule has 6 nitrogen and oxygen atoms in total. The number of hydrogen-bond acceptors (Lipinski definition) is 5. The Morgan fingerprint density at radius 1 is 0.903 bits per heavy atom. The van der Waals surface area contributed by atoms with Gasteiger partial charge in [-0.25, -0.2) is 9.97 Å². The lowest BCUT2D eigenvalue weighted by Crippen LogP contribution is -2.20. The van der Waals surface area contributed by atoms with Crippen LogP contribution in [0.25, 0.3) is 5.69 Å². The van der Waals surface area contributed by atoms with Crippen molar-refractivity contribution >= 4 is 23.1 Å². The average Bonchev–Trinajstić information content (AvgIpc) is 3.17. The van der Waals surface area contributed by atoms with Gasteiger partial charge in [-0.1, -0.05) is 17.7 Å². The molecule has 0 fully saturated rings. The maximum absolute atomic E-state index is 6.10. The molecule has 3 aromatic heterocycles. The van der Waals surface area contributed by atoms with Crippen molar-refractivity contribution in [3.63, 3.8) is 0 Å². The van der Waals surface area contributed by atoms with Crippen LogP contribution in [0.4, 0.5) is 11.5 Å². The normalized spacial score (nSPS) is 10.8. The van der Waals surface area contributed by atoms with E-state index < -0.39 is 0 Å². The Kier molecular flexibility index (Phi) is 6.18. The van der Waals surface area contributed by atoms with Gasteiger partial charge in [0.15, 0.2) is 0 Å². The molecule has 0 N–H and O–H groups in total. The number of pyridine rings is 2. The minimum absolute atomic E-state index is 0.623. The van der Waals surface area contributed by atoms with Gasteiger partial charge in [0.2, 0.25) is 0 Å². The summed E-state index contributed by atoms with van der Waals surface area (Å²) in [4.78, 5) is 17.9. The molecular formula is C24H25ClN6. The molecule has 0 aliphatic carbocycles. The van der Waals surface area contributed by atoms with E-state index in [0.717, 1.165) is 34.3 Å². The first-order valence-electron chi connectivity index (χ1n) is 10.1. The highest BCUT2D eigenvalue weighted by Crippen LogP contribution is 2.21. The lowest BCUT2D eigenvalue weighted by molar-refractivity contribution is 0.796. The van der Waals surface area contributed by atoms with E-state index in [9.17, 15) is 0 Å². The van der Waals surface area contributed by atoms with E-state index in [1.807, 2.05) is 62.6 Å². The molecule has 31 heavy (non-hydrogen) atoms. The predicted molar refractivity (Wildman–Crippen MR) is 126 cm³/mol. The minimum atomic E-state index is 0.623. The summed E-state index contributed by atoms with van der Waals surface area (Å²) in [5.41, 5.74) is 4.24. The second-order valence-corrected chi connectivity index (χ2v) is 8.04. The summed E-state index contributed by atoms with van der Waals surface area (Å²) in [5.74, 6) is 1.84. The van der Waals surface area contributed by atoms with Gasteiger partial charge in [0.05, 0.1) is 18.8 Å². The standard InChI is InChI=1S/C24H25ClN6/c1-18-4-9-23(27-14-18)30(3)17-24-28-20(15-29(2)21-10-12-26-13-11-21)16-31(24)22-7-5-19(25)6-8-22/h4-14,16H,15,17H2,1-3H3. The van der Waals surface area contributed by atoms with Crippen LogP contribution in [0.5, 0.6) is 0 Å². The van der Waals surface area contributed by atoms with Gasteiger partial charge in [-0.05, 0) is 55.0 Å². The molecule has 0 amide bonds. The second kappa shape index (κ2) is 9.18. The molecule has 0 aliphatic heterocycles. The van der Waals surface area contributed by atoms with E-state index in [1.165, 1.54) is 0 Å². The van der Waals surface area contributed by atoms with Crippen molar-refractivity contribution in [3.05, 3.63) is 95.4 Å². The van der Waals surface area contributed by atoms with Crippen LogP contribution in [-0.2, 0) is 13.1 Å². The Bertz CT molecular complexity index is 1120. The molecule has 0 radical (unpaired) electrons. The Morgan fingerprint density at radius 2 is 1.65 bits per heavy atom. The highest BCUT2D eigenvalue weighted by Gasteiger charge is 2.14.